The molecule has 5 aromatic carbocycles. The molecular weight excluding hydrogens is 478 g/mol. The van der Waals surface area contributed by atoms with Crippen LogP contribution in [0.5, 0.6) is 0 Å². The second-order valence-corrected chi connectivity index (χ2v) is 9.25. The lowest BCUT2D eigenvalue weighted by Crippen LogP contribution is -2.02. The largest absolute Gasteiger partial charge is 0.308 e. The Morgan fingerprint density at radius 1 is 0.487 bits per heavy atom. The monoisotopic (exact) mass is 499 g/mol. The number of benzene rings is 5. The number of rotatable bonds is 4. The van der Waals surface area contributed by atoms with Crippen LogP contribution in [0.3, 0.4) is 0 Å². The molecule has 0 atom stereocenters. The Bertz CT molecular complexity index is 1910. The molecule has 5 heteroatoms. The van der Waals surface area contributed by atoms with Crippen molar-refractivity contribution in [2.24, 2.45) is 0 Å². The predicted molar refractivity (Wildman–Crippen MR) is 155 cm³/mol. The Balaban J connectivity index is 1.43. The van der Waals surface area contributed by atoms with Gasteiger partial charge in [-0.15, -0.1) is 0 Å². The van der Waals surface area contributed by atoms with Gasteiger partial charge >= 0.3 is 0 Å². The molecular formula is C34H21N5. The van der Waals surface area contributed by atoms with Crippen LogP contribution in [0.25, 0.3) is 61.7 Å². The fourth-order valence-electron chi connectivity index (χ4n) is 5.08. The number of hydrogen-bond donors (Lipinski definition) is 0. The van der Waals surface area contributed by atoms with Crippen LogP contribution < -0.4 is 0 Å². The zero-order valence-electron chi connectivity index (χ0n) is 20.9. The minimum Gasteiger partial charge on any atom is -0.308 e. The first-order valence-corrected chi connectivity index (χ1v) is 12.7. The molecule has 182 valence electrons. The molecule has 39 heavy (non-hydrogen) atoms. The molecule has 0 radical (unpaired) electrons. The Morgan fingerprint density at radius 2 is 0.949 bits per heavy atom. The van der Waals surface area contributed by atoms with E-state index in [2.05, 4.69) is 34.9 Å². The van der Waals surface area contributed by atoms with Gasteiger partial charge in [-0.25, -0.2) is 15.0 Å². The van der Waals surface area contributed by atoms with E-state index in [-0.39, 0.29) is 0 Å². The van der Waals surface area contributed by atoms with E-state index < -0.39 is 0 Å². The lowest BCUT2D eigenvalue weighted by atomic mass is 10.1. The first-order chi connectivity index (χ1) is 19.3. The molecule has 0 aliphatic heterocycles. The lowest BCUT2D eigenvalue weighted by molar-refractivity contribution is 1.07. The van der Waals surface area contributed by atoms with Crippen LogP contribution in [0.2, 0.25) is 0 Å². The van der Waals surface area contributed by atoms with Gasteiger partial charge in [-0.3, -0.25) is 0 Å². The Morgan fingerprint density at radius 3 is 1.46 bits per heavy atom. The number of para-hydroxylation sites is 2. The van der Waals surface area contributed by atoms with E-state index in [9.17, 15) is 5.26 Å². The highest BCUT2D eigenvalue weighted by atomic mass is 15.0. The van der Waals surface area contributed by atoms with E-state index >= 15 is 0 Å². The molecule has 5 nitrogen and oxygen atoms in total. The van der Waals surface area contributed by atoms with Crippen LogP contribution >= 0.6 is 0 Å². The van der Waals surface area contributed by atoms with Gasteiger partial charge in [0, 0.05) is 27.5 Å². The summed E-state index contributed by atoms with van der Waals surface area (Å²) >= 11 is 0. The maximum Gasteiger partial charge on any atom is 0.164 e. The van der Waals surface area contributed by atoms with E-state index in [1.165, 1.54) is 0 Å². The average molecular weight is 500 g/mol. The topological polar surface area (TPSA) is 67.4 Å². The van der Waals surface area contributed by atoms with Gasteiger partial charge in [0.1, 0.15) is 6.07 Å². The quantitative estimate of drug-likeness (QED) is 0.247. The van der Waals surface area contributed by atoms with Crippen molar-refractivity contribution in [3.63, 3.8) is 0 Å². The standard InChI is InChI=1S/C34H21N5/c35-22-26-21-25(19-20-29(26)39-30-17-9-7-15-27(30)28-16-8-10-18-31(28)39)34-37-32(23-11-3-1-4-12-23)36-33(38-34)24-13-5-2-6-14-24/h1-21H. The van der Waals surface area contributed by atoms with Crippen molar-refractivity contribution in [3.8, 4) is 45.9 Å². The van der Waals surface area contributed by atoms with Crippen molar-refractivity contribution in [1.82, 2.24) is 19.5 Å². The summed E-state index contributed by atoms with van der Waals surface area (Å²) in [6.45, 7) is 0. The molecule has 0 spiro atoms. The van der Waals surface area contributed by atoms with Gasteiger partial charge < -0.3 is 4.57 Å². The van der Waals surface area contributed by atoms with Crippen molar-refractivity contribution in [3.05, 3.63) is 133 Å². The summed E-state index contributed by atoms with van der Waals surface area (Å²) in [5.74, 6) is 1.70. The molecule has 0 saturated carbocycles. The second kappa shape index (κ2) is 9.37. The second-order valence-electron chi connectivity index (χ2n) is 9.25. The lowest BCUT2D eigenvalue weighted by Gasteiger charge is -2.12. The van der Waals surface area contributed by atoms with Crippen LogP contribution in [0.15, 0.2) is 127 Å². The Hall–Kier alpha value is -5.60. The molecule has 0 bridgehead atoms. The number of nitriles is 1. The third kappa shape index (κ3) is 3.92. The SMILES string of the molecule is N#Cc1cc(-c2nc(-c3ccccc3)nc(-c3ccccc3)n2)ccc1-n1c2ccccc2c2ccccc21. The van der Waals surface area contributed by atoms with Crippen molar-refractivity contribution >= 4 is 21.8 Å². The van der Waals surface area contributed by atoms with Gasteiger partial charge in [0.25, 0.3) is 0 Å². The molecule has 0 aliphatic carbocycles. The molecule has 0 amide bonds. The fourth-order valence-corrected chi connectivity index (χ4v) is 5.08. The highest BCUT2D eigenvalue weighted by Gasteiger charge is 2.17. The minimum atomic E-state index is 0.521. The normalized spacial score (nSPS) is 11.1. The average Bonchev–Trinajstić information content (AvgIpc) is 3.35. The van der Waals surface area contributed by atoms with Gasteiger partial charge in [0.15, 0.2) is 17.5 Å². The minimum absolute atomic E-state index is 0.521. The van der Waals surface area contributed by atoms with E-state index in [4.69, 9.17) is 15.0 Å². The molecule has 0 N–H and O–H groups in total. The molecule has 0 fully saturated rings. The van der Waals surface area contributed by atoms with Crippen molar-refractivity contribution in [2.75, 3.05) is 0 Å². The van der Waals surface area contributed by atoms with Crippen LogP contribution in [0.4, 0.5) is 0 Å². The van der Waals surface area contributed by atoms with E-state index in [0.29, 0.717) is 23.0 Å². The molecule has 0 aliphatic rings. The molecule has 2 heterocycles. The van der Waals surface area contributed by atoms with Gasteiger partial charge in [-0.2, -0.15) is 5.26 Å². The highest BCUT2D eigenvalue weighted by Crippen LogP contribution is 2.34. The van der Waals surface area contributed by atoms with Crippen molar-refractivity contribution in [1.29, 1.82) is 5.26 Å². The predicted octanol–water partition coefficient (Wildman–Crippen LogP) is 7.84. The summed E-state index contributed by atoms with van der Waals surface area (Å²) in [6.07, 6.45) is 0. The van der Waals surface area contributed by atoms with E-state index in [1.54, 1.807) is 0 Å². The Labute approximate surface area is 225 Å². The third-order valence-corrected chi connectivity index (χ3v) is 6.90. The van der Waals surface area contributed by atoms with Gasteiger partial charge in [0.2, 0.25) is 0 Å². The van der Waals surface area contributed by atoms with Crippen LogP contribution in [-0.2, 0) is 0 Å². The van der Waals surface area contributed by atoms with Gasteiger partial charge in [-0.05, 0) is 30.3 Å². The first-order valence-electron chi connectivity index (χ1n) is 12.7. The number of hydrogen-bond acceptors (Lipinski definition) is 4. The summed E-state index contributed by atoms with van der Waals surface area (Å²) in [4.78, 5) is 14.4. The summed E-state index contributed by atoms with van der Waals surface area (Å²) in [6, 6.07) is 44.6. The molecule has 7 aromatic rings. The summed E-state index contributed by atoms with van der Waals surface area (Å²) in [5.41, 5.74) is 6.04. The molecule has 2 aromatic heterocycles. The van der Waals surface area contributed by atoms with E-state index in [0.717, 1.165) is 44.2 Å². The number of aromatic nitrogens is 4. The van der Waals surface area contributed by atoms with E-state index in [1.807, 2.05) is 103 Å². The number of nitrogens with zero attached hydrogens (tertiary/aromatic N) is 5. The summed E-state index contributed by atoms with van der Waals surface area (Å²) < 4.78 is 2.16. The van der Waals surface area contributed by atoms with Crippen molar-refractivity contribution in [2.45, 2.75) is 0 Å². The molecule has 0 unspecified atom stereocenters. The first kappa shape index (κ1) is 22.6. The smallest absolute Gasteiger partial charge is 0.164 e. The maximum absolute atomic E-state index is 10.3. The van der Waals surface area contributed by atoms with Crippen LogP contribution in [0.1, 0.15) is 5.56 Å². The molecule has 0 saturated heterocycles. The third-order valence-electron chi connectivity index (χ3n) is 6.90. The maximum atomic E-state index is 10.3. The summed E-state index contributed by atoms with van der Waals surface area (Å²) in [7, 11) is 0. The van der Waals surface area contributed by atoms with Crippen LogP contribution in [-0.4, -0.2) is 19.5 Å². The van der Waals surface area contributed by atoms with Crippen LogP contribution in [0, 0.1) is 11.3 Å². The van der Waals surface area contributed by atoms with Gasteiger partial charge in [0.05, 0.1) is 22.3 Å². The zero-order chi connectivity index (χ0) is 26.2. The number of fused-ring (bicyclic) bond motifs is 3. The highest BCUT2D eigenvalue weighted by molar-refractivity contribution is 6.09. The fraction of sp³-hybridized carbons (Fsp3) is 0. The van der Waals surface area contributed by atoms with Gasteiger partial charge in [-0.1, -0.05) is 97.1 Å². The van der Waals surface area contributed by atoms with Crippen molar-refractivity contribution < 1.29 is 0 Å². The Kier molecular flexibility index (Phi) is 5.42. The molecule has 7 rings (SSSR count). The summed E-state index contributed by atoms with van der Waals surface area (Å²) in [5, 5.41) is 12.6. The zero-order valence-corrected chi connectivity index (χ0v) is 20.9.